The van der Waals surface area contributed by atoms with E-state index in [9.17, 15) is 4.79 Å². The van der Waals surface area contributed by atoms with E-state index in [2.05, 4.69) is 4.98 Å². The zero-order valence-corrected chi connectivity index (χ0v) is 8.61. The first-order valence-corrected chi connectivity index (χ1v) is 4.94. The van der Waals surface area contributed by atoms with Gasteiger partial charge >= 0.3 is 0 Å². The molecule has 0 radical (unpaired) electrons. The van der Waals surface area contributed by atoms with E-state index in [1.54, 1.807) is 24.3 Å². The molecule has 0 saturated carbocycles. The van der Waals surface area contributed by atoms with Crippen LogP contribution in [0.2, 0.25) is 0 Å². The van der Waals surface area contributed by atoms with E-state index in [1.807, 2.05) is 12.1 Å². The lowest BCUT2D eigenvalue weighted by Crippen LogP contribution is -2.25. The molecule has 1 aliphatic rings. The molecule has 1 fully saturated rings. The van der Waals surface area contributed by atoms with Gasteiger partial charge in [-0.3, -0.25) is 9.78 Å². The van der Waals surface area contributed by atoms with Gasteiger partial charge in [0.05, 0.1) is 6.04 Å². The highest BCUT2D eigenvalue weighted by atomic mass is 35.5. The Morgan fingerprint density at radius 2 is 2.43 bits per heavy atom. The van der Waals surface area contributed by atoms with Gasteiger partial charge in [0.25, 0.3) is 0 Å². The first-order valence-electron chi connectivity index (χ1n) is 4.51. The zero-order valence-electron chi connectivity index (χ0n) is 7.85. The van der Waals surface area contributed by atoms with Crippen molar-refractivity contribution < 1.29 is 4.79 Å². The molecule has 0 aliphatic carbocycles. The normalized spacial score (nSPS) is 27.0. The number of aromatic nitrogens is 1. The minimum Gasteiger partial charge on any atom is -0.337 e. The van der Waals surface area contributed by atoms with Crippen molar-refractivity contribution in [2.24, 2.45) is 0 Å². The molecule has 4 heteroatoms. The van der Waals surface area contributed by atoms with Crippen molar-refractivity contribution in [3.63, 3.8) is 0 Å². The molecule has 3 nitrogen and oxygen atoms in total. The first-order chi connectivity index (χ1) is 6.70. The molecule has 2 rings (SSSR count). The summed E-state index contributed by atoms with van der Waals surface area (Å²) >= 11 is 5.89. The predicted octanol–water partition coefficient (Wildman–Crippen LogP) is 1.59. The van der Waals surface area contributed by atoms with Crippen molar-refractivity contribution in [3.05, 3.63) is 30.1 Å². The van der Waals surface area contributed by atoms with Crippen LogP contribution >= 0.6 is 11.6 Å². The molecule has 1 amide bonds. The number of likely N-dealkylation sites (tertiary alicyclic amines) is 1. The minimum absolute atomic E-state index is 0.000481. The van der Waals surface area contributed by atoms with Crippen LogP contribution in [0.3, 0.4) is 0 Å². The van der Waals surface area contributed by atoms with Crippen LogP contribution in [0.25, 0.3) is 0 Å². The number of alkyl halides is 1. The summed E-state index contributed by atoms with van der Waals surface area (Å²) in [6.07, 6.45) is 4.17. The van der Waals surface area contributed by atoms with Crippen LogP contribution in [0, 0.1) is 0 Å². The largest absolute Gasteiger partial charge is 0.337 e. The maximum Gasteiger partial charge on any atom is 0.240 e. The van der Waals surface area contributed by atoms with E-state index in [-0.39, 0.29) is 17.3 Å². The Bertz CT molecular complexity index is 341. The summed E-state index contributed by atoms with van der Waals surface area (Å²) in [4.78, 5) is 17.2. The van der Waals surface area contributed by atoms with Gasteiger partial charge in [-0.1, -0.05) is 6.07 Å². The molecule has 2 atom stereocenters. The van der Waals surface area contributed by atoms with Crippen LogP contribution in [-0.4, -0.2) is 28.2 Å². The Labute approximate surface area is 87.7 Å². The third kappa shape index (κ3) is 1.48. The number of nitrogens with zero attached hydrogens (tertiary/aromatic N) is 2. The summed E-state index contributed by atoms with van der Waals surface area (Å²) in [7, 11) is 1.78. The summed E-state index contributed by atoms with van der Waals surface area (Å²) in [6.45, 7) is 0. The second-order valence-electron chi connectivity index (χ2n) is 3.45. The third-order valence-corrected chi connectivity index (χ3v) is 2.95. The second-order valence-corrected chi connectivity index (χ2v) is 3.98. The summed E-state index contributed by atoms with van der Waals surface area (Å²) in [5, 5.41) is -0.384. The maximum absolute atomic E-state index is 11.5. The standard InChI is InChI=1S/C10H11ClN2O/c1-13-9(5-8(11)10(13)14)7-3-2-4-12-6-7/h2-4,6,8-9H,5H2,1H3. The fraction of sp³-hybridized carbons (Fsp3) is 0.400. The molecule has 1 saturated heterocycles. The molecule has 0 N–H and O–H groups in total. The van der Waals surface area contributed by atoms with Crippen LogP contribution in [-0.2, 0) is 4.79 Å². The molecule has 1 aromatic rings. The molecule has 2 unspecified atom stereocenters. The molecule has 1 aliphatic heterocycles. The number of halogens is 1. The van der Waals surface area contributed by atoms with Crippen molar-refractivity contribution >= 4 is 17.5 Å². The molecular formula is C10H11ClN2O. The van der Waals surface area contributed by atoms with Gasteiger partial charge in [0.2, 0.25) is 5.91 Å². The number of carbonyl (C=O) groups excluding carboxylic acids is 1. The third-order valence-electron chi connectivity index (χ3n) is 2.58. The summed E-state index contributed by atoms with van der Waals surface area (Å²) in [6, 6.07) is 3.92. The summed E-state index contributed by atoms with van der Waals surface area (Å²) < 4.78 is 0. The average molecular weight is 211 g/mol. The fourth-order valence-corrected chi connectivity index (χ4v) is 2.08. The molecule has 2 heterocycles. The van der Waals surface area contributed by atoms with Crippen LogP contribution < -0.4 is 0 Å². The van der Waals surface area contributed by atoms with E-state index in [0.717, 1.165) is 5.56 Å². The Balaban J connectivity index is 2.26. The smallest absolute Gasteiger partial charge is 0.240 e. The van der Waals surface area contributed by atoms with Crippen molar-refractivity contribution in [2.45, 2.75) is 17.8 Å². The molecule has 0 bridgehead atoms. The Morgan fingerprint density at radius 1 is 1.64 bits per heavy atom. The van der Waals surface area contributed by atoms with Crippen molar-refractivity contribution in [1.29, 1.82) is 0 Å². The van der Waals surface area contributed by atoms with Crippen LogP contribution in [0.4, 0.5) is 0 Å². The number of pyridine rings is 1. The lowest BCUT2D eigenvalue weighted by molar-refractivity contribution is -0.127. The van der Waals surface area contributed by atoms with Gasteiger partial charge in [-0.05, 0) is 18.1 Å². The predicted molar refractivity (Wildman–Crippen MR) is 54.0 cm³/mol. The lowest BCUT2D eigenvalue weighted by Gasteiger charge is -2.19. The molecule has 74 valence electrons. The molecule has 1 aromatic heterocycles. The highest BCUT2D eigenvalue weighted by Crippen LogP contribution is 2.33. The fourth-order valence-electron chi connectivity index (χ4n) is 1.76. The number of hydrogen-bond donors (Lipinski definition) is 0. The van der Waals surface area contributed by atoms with E-state index in [1.165, 1.54) is 0 Å². The molecule has 0 spiro atoms. The Morgan fingerprint density at radius 3 is 2.93 bits per heavy atom. The quantitative estimate of drug-likeness (QED) is 0.660. The average Bonchev–Trinajstić information content (AvgIpc) is 2.47. The monoisotopic (exact) mass is 210 g/mol. The number of hydrogen-bond acceptors (Lipinski definition) is 2. The maximum atomic E-state index is 11.5. The topological polar surface area (TPSA) is 33.2 Å². The Hall–Kier alpha value is -1.09. The molecular weight excluding hydrogens is 200 g/mol. The van der Waals surface area contributed by atoms with E-state index >= 15 is 0 Å². The number of amides is 1. The van der Waals surface area contributed by atoms with Gasteiger partial charge in [0.15, 0.2) is 0 Å². The van der Waals surface area contributed by atoms with Crippen LogP contribution in [0.15, 0.2) is 24.5 Å². The molecule has 14 heavy (non-hydrogen) atoms. The van der Waals surface area contributed by atoms with E-state index in [4.69, 9.17) is 11.6 Å². The highest BCUT2D eigenvalue weighted by Gasteiger charge is 2.36. The van der Waals surface area contributed by atoms with Crippen LogP contribution in [0.1, 0.15) is 18.0 Å². The zero-order chi connectivity index (χ0) is 10.1. The first kappa shape index (κ1) is 9.46. The summed E-state index contributed by atoms with van der Waals surface area (Å²) in [5.41, 5.74) is 1.05. The number of rotatable bonds is 1. The van der Waals surface area contributed by atoms with Crippen molar-refractivity contribution in [1.82, 2.24) is 9.88 Å². The van der Waals surface area contributed by atoms with E-state index < -0.39 is 0 Å². The van der Waals surface area contributed by atoms with Gasteiger partial charge < -0.3 is 4.90 Å². The van der Waals surface area contributed by atoms with Gasteiger partial charge in [-0.2, -0.15) is 0 Å². The van der Waals surface area contributed by atoms with Gasteiger partial charge in [-0.15, -0.1) is 11.6 Å². The molecule has 0 aromatic carbocycles. The van der Waals surface area contributed by atoms with E-state index in [0.29, 0.717) is 6.42 Å². The Kier molecular flexibility index (Phi) is 2.42. The van der Waals surface area contributed by atoms with Gasteiger partial charge in [0, 0.05) is 19.4 Å². The van der Waals surface area contributed by atoms with Crippen molar-refractivity contribution in [3.8, 4) is 0 Å². The second kappa shape index (κ2) is 3.58. The lowest BCUT2D eigenvalue weighted by atomic mass is 10.1. The summed E-state index contributed by atoms with van der Waals surface area (Å²) in [5.74, 6) is 0.000481. The highest BCUT2D eigenvalue weighted by molar-refractivity contribution is 6.31. The minimum atomic E-state index is -0.384. The van der Waals surface area contributed by atoms with Gasteiger partial charge in [-0.25, -0.2) is 0 Å². The number of carbonyl (C=O) groups is 1. The van der Waals surface area contributed by atoms with Gasteiger partial charge in [0.1, 0.15) is 5.38 Å². The van der Waals surface area contributed by atoms with Crippen molar-refractivity contribution in [2.75, 3.05) is 7.05 Å². The SMILES string of the molecule is CN1C(=O)C(Cl)CC1c1cccnc1. The van der Waals surface area contributed by atoms with Crippen LogP contribution in [0.5, 0.6) is 0 Å².